The van der Waals surface area contributed by atoms with Crippen molar-refractivity contribution in [1.29, 1.82) is 0 Å². The van der Waals surface area contributed by atoms with E-state index in [0.29, 0.717) is 78.6 Å². The van der Waals surface area contributed by atoms with Gasteiger partial charge in [0.25, 0.3) is 11.8 Å². The number of methoxy groups -OCH3 is 1. The molecule has 2 amide bonds. The van der Waals surface area contributed by atoms with Crippen LogP contribution in [0.15, 0.2) is 66.7 Å². The summed E-state index contributed by atoms with van der Waals surface area (Å²) in [5, 5.41) is 57.1. The number of benzene rings is 4. The number of anilines is 1. The van der Waals surface area contributed by atoms with E-state index >= 15 is 0 Å². The van der Waals surface area contributed by atoms with Crippen molar-refractivity contribution in [2.45, 2.75) is 107 Å². The summed E-state index contributed by atoms with van der Waals surface area (Å²) in [5.41, 5.74) is 6.02. The summed E-state index contributed by atoms with van der Waals surface area (Å²) in [7, 11) is 3.35. The van der Waals surface area contributed by atoms with Crippen LogP contribution in [-0.2, 0) is 27.8 Å². The second-order valence-corrected chi connectivity index (χ2v) is 20.2. The number of ether oxygens (including phenoxy) is 5. The van der Waals surface area contributed by atoms with E-state index in [1.54, 1.807) is 17.0 Å². The molecule has 4 aromatic rings. The van der Waals surface area contributed by atoms with Gasteiger partial charge in [0.1, 0.15) is 30.6 Å². The number of nitrogens with zero attached hydrogens (tertiary/aromatic N) is 1. The molecule has 378 valence electrons. The number of aromatic hydroxyl groups is 1. The fourth-order valence-electron chi connectivity index (χ4n) is 13.2. The molecule has 15 nitrogen and oxygen atoms in total. The summed E-state index contributed by atoms with van der Waals surface area (Å²) in [4.78, 5) is 28.4. The normalized spacial score (nSPS) is 24.3. The molecule has 7 N–H and O–H groups in total. The maximum atomic E-state index is 13.4. The van der Waals surface area contributed by atoms with Crippen molar-refractivity contribution in [2.75, 3.05) is 65.7 Å². The lowest BCUT2D eigenvalue weighted by Crippen LogP contribution is -2.60. The predicted octanol–water partition coefficient (Wildman–Crippen LogP) is 7.08. The maximum absolute atomic E-state index is 13.4. The Bertz CT molecular complexity index is 2650. The molecule has 0 bridgehead atoms. The largest absolute Gasteiger partial charge is 0.502 e. The Labute approximate surface area is 415 Å². The average molecular weight is 973 g/mol. The molecule has 3 aliphatic carbocycles. The zero-order valence-electron chi connectivity index (χ0n) is 41.1. The number of carbonyl (C=O) groups excluding carboxylic acids is 2. The second kappa shape index (κ2) is 20.3. The van der Waals surface area contributed by atoms with Crippen LogP contribution in [0.5, 0.6) is 34.5 Å². The van der Waals surface area contributed by atoms with Crippen molar-refractivity contribution < 1.29 is 53.7 Å². The molecule has 6 aliphatic rings. The number of likely N-dealkylation sites (N-methyl/N-ethyl adjacent to an activating group) is 1. The first-order valence-electron chi connectivity index (χ1n) is 25.6. The minimum Gasteiger partial charge on any atom is -0.502 e. The van der Waals surface area contributed by atoms with Crippen LogP contribution in [0, 0.1) is 11.8 Å². The van der Waals surface area contributed by atoms with Crippen molar-refractivity contribution in [1.82, 2.24) is 15.5 Å². The first-order valence-corrected chi connectivity index (χ1v) is 25.6. The van der Waals surface area contributed by atoms with Gasteiger partial charge in [-0.2, -0.15) is 0 Å². The Morgan fingerprint density at radius 2 is 1.63 bits per heavy atom. The molecule has 0 aromatic heterocycles. The molecule has 10 rings (SSSR count). The summed E-state index contributed by atoms with van der Waals surface area (Å²) in [6.07, 6.45) is 9.38. The van der Waals surface area contributed by atoms with E-state index in [0.717, 1.165) is 79.2 Å². The Morgan fingerprint density at radius 3 is 2.37 bits per heavy atom. The van der Waals surface area contributed by atoms with Gasteiger partial charge in [0.05, 0.1) is 37.5 Å². The van der Waals surface area contributed by atoms with Gasteiger partial charge >= 0.3 is 0 Å². The smallest absolute Gasteiger partial charge is 0.254 e. The van der Waals surface area contributed by atoms with E-state index in [1.807, 2.05) is 44.3 Å². The van der Waals surface area contributed by atoms with Crippen molar-refractivity contribution in [3.05, 3.63) is 100 Å². The zero-order valence-corrected chi connectivity index (χ0v) is 41.1. The van der Waals surface area contributed by atoms with E-state index in [2.05, 4.69) is 28.1 Å². The number of phenolic OH excluding ortho intramolecular Hbond substituents is 1. The van der Waals surface area contributed by atoms with E-state index in [1.165, 1.54) is 19.3 Å². The third-order valence-electron chi connectivity index (χ3n) is 16.6. The van der Waals surface area contributed by atoms with Crippen LogP contribution >= 0.6 is 0 Å². The van der Waals surface area contributed by atoms with Gasteiger partial charge in [-0.25, -0.2) is 0 Å². The average Bonchev–Trinajstić information content (AvgIpc) is 3.74. The molecule has 3 aliphatic heterocycles. The fourth-order valence-corrected chi connectivity index (χ4v) is 13.2. The van der Waals surface area contributed by atoms with Gasteiger partial charge in [-0.3, -0.25) is 19.8 Å². The number of nitrogens with one attached hydrogen (secondary N) is 3. The Kier molecular flexibility index (Phi) is 14.0. The number of phenols is 1. The van der Waals surface area contributed by atoms with Crippen LogP contribution in [0.4, 0.5) is 5.69 Å². The van der Waals surface area contributed by atoms with E-state index < -0.39 is 35.1 Å². The van der Waals surface area contributed by atoms with Gasteiger partial charge in [-0.15, -0.1) is 0 Å². The molecule has 0 spiro atoms. The highest BCUT2D eigenvalue weighted by Crippen LogP contribution is 2.59. The lowest BCUT2D eigenvalue weighted by molar-refractivity contribution is -0.151. The quantitative estimate of drug-likeness (QED) is 0.0303. The monoisotopic (exact) mass is 972 g/mol. The Balaban J connectivity index is 0.974. The molecule has 0 radical (unpaired) electrons. The molecule has 2 saturated carbocycles. The number of rotatable bonds is 18. The maximum Gasteiger partial charge on any atom is 0.254 e. The highest BCUT2D eigenvalue weighted by atomic mass is 16.5. The Hall–Kier alpha value is -5.84. The summed E-state index contributed by atoms with van der Waals surface area (Å²) < 4.78 is 31.6. The molecule has 2 fully saturated rings. The lowest BCUT2D eigenvalue weighted by Gasteiger charge is -2.55. The fraction of sp³-hybridized carbons (Fsp3) is 0.500. The Morgan fingerprint density at radius 1 is 0.873 bits per heavy atom. The van der Waals surface area contributed by atoms with Crippen molar-refractivity contribution in [3.8, 4) is 45.6 Å². The van der Waals surface area contributed by atoms with Crippen LogP contribution in [-0.4, -0.2) is 103 Å². The van der Waals surface area contributed by atoms with Crippen LogP contribution in [0.3, 0.4) is 0 Å². The number of hydrogen-bond donors (Lipinski definition) is 7. The van der Waals surface area contributed by atoms with Gasteiger partial charge in [-0.05, 0) is 93.3 Å². The van der Waals surface area contributed by atoms with Gasteiger partial charge < -0.3 is 54.7 Å². The van der Waals surface area contributed by atoms with E-state index in [9.17, 15) is 30.0 Å². The second-order valence-electron chi connectivity index (χ2n) is 20.2. The number of aliphatic hydroxyl groups excluding tert-OH is 3. The van der Waals surface area contributed by atoms with Gasteiger partial charge in [-0.1, -0.05) is 62.9 Å². The summed E-state index contributed by atoms with van der Waals surface area (Å²) in [6.45, 7) is 3.96. The van der Waals surface area contributed by atoms with Gasteiger partial charge in [0.15, 0.2) is 17.7 Å². The number of aliphatic hydroxyl groups is 3. The molecule has 3 heterocycles. The number of fused-ring (bicyclic) bond motifs is 2. The summed E-state index contributed by atoms with van der Waals surface area (Å²) in [5.74, 6) is 0.289. The van der Waals surface area contributed by atoms with Crippen molar-refractivity contribution in [3.63, 3.8) is 0 Å². The third kappa shape index (κ3) is 8.56. The number of hydrogen-bond acceptors (Lipinski definition) is 14. The molecule has 6 atom stereocenters. The molecule has 0 unspecified atom stereocenters. The minimum atomic E-state index is -1.07. The number of carbonyl (C=O) groups is 2. The van der Waals surface area contributed by atoms with Gasteiger partial charge in [0, 0.05) is 82.6 Å². The summed E-state index contributed by atoms with van der Waals surface area (Å²) in [6, 6.07) is 17.4. The topological polar surface area (TPSA) is 201 Å². The summed E-state index contributed by atoms with van der Waals surface area (Å²) >= 11 is 0. The van der Waals surface area contributed by atoms with E-state index in [4.69, 9.17) is 23.7 Å². The van der Waals surface area contributed by atoms with E-state index in [-0.39, 0.29) is 61.5 Å². The zero-order chi connectivity index (χ0) is 49.4. The predicted molar refractivity (Wildman–Crippen MR) is 267 cm³/mol. The molecular formula is C56H68N4O11. The SMILES string of the molecule is CCNCOc1cc(OCCNC)c2c3c1[C@H](O)Nc1cc4c(c(c1-3)CC2)[C@@H](O)[C@H](c1cc(OC)c(O)c(OC[C@H](CO)[C@]2(c3ccccc3)CCC[C@@H](C3(N5C(=O)C=CC5=O)CCCCC3)C2)c1)CO4. The highest BCUT2D eigenvalue weighted by molar-refractivity contribution is 6.13. The van der Waals surface area contributed by atoms with Gasteiger partial charge in [0.2, 0.25) is 5.75 Å². The van der Waals surface area contributed by atoms with Crippen molar-refractivity contribution >= 4 is 17.5 Å². The first kappa shape index (κ1) is 48.8. The molecule has 4 aromatic carbocycles. The minimum absolute atomic E-state index is 0.0000560. The molecular weight excluding hydrogens is 905 g/mol. The first-order chi connectivity index (χ1) is 34.6. The standard InChI is InChI=1S/C56H68N4O11/c1-4-58-32-71-43-27-41(68-23-22-57-2)37-15-16-38-48-40(59-54(66)51(43)50(37)48)26-42-49(38)52(64)39(31-70-42)33-24-44(67-3)53(65)45(25-33)69-30-36(29-61)55(34-12-7-5-8-13-34)19-11-14-35(28-55)56(20-9-6-10-21-56)60-46(62)17-18-47(60)63/h5,7-8,12-13,17-18,24-27,35-36,39,52,54,57-59,61,64-66H,4,6,9-11,14-16,19-23,28-32H2,1-3H3/t35-,36+,39+,52+,54+,55-/m1/s1. The molecule has 0 saturated heterocycles. The van der Waals surface area contributed by atoms with Crippen LogP contribution < -0.4 is 39.6 Å². The van der Waals surface area contributed by atoms with Crippen LogP contribution in [0.1, 0.15) is 116 Å². The van der Waals surface area contributed by atoms with Crippen LogP contribution in [0.2, 0.25) is 0 Å². The number of amides is 2. The lowest BCUT2D eigenvalue weighted by atomic mass is 9.55. The molecule has 15 heteroatoms. The third-order valence-corrected chi connectivity index (χ3v) is 16.6. The van der Waals surface area contributed by atoms with Crippen molar-refractivity contribution in [2.24, 2.45) is 11.8 Å². The number of imide groups is 1. The highest BCUT2D eigenvalue weighted by Gasteiger charge is 2.55. The van der Waals surface area contributed by atoms with Crippen LogP contribution in [0.25, 0.3) is 11.1 Å². The molecule has 71 heavy (non-hydrogen) atoms.